The van der Waals surface area contributed by atoms with Crippen molar-refractivity contribution in [1.82, 2.24) is 5.32 Å². The van der Waals surface area contributed by atoms with E-state index in [1.165, 1.54) is 16.3 Å². The van der Waals surface area contributed by atoms with E-state index < -0.39 is 0 Å². The van der Waals surface area contributed by atoms with Crippen LogP contribution in [0.25, 0.3) is 10.8 Å². The molecule has 1 unspecified atom stereocenters. The van der Waals surface area contributed by atoms with E-state index in [-0.39, 0.29) is 6.04 Å². The highest BCUT2D eigenvalue weighted by Crippen LogP contribution is 2.21. The van der Waals surface area contributed by atoms with Crippen molar-refractivity contribution < 1.29 is 4.74 Å². The highest BCUT2D eigenvalue weighted by molar-refractivity contribution is 5.84. The minimum atomic E-state index is 0.0183. The Morgan fingerprint density at radius 3 is 2.63 bits per heavy atom. The molecule has 0 amide bonds. The van der Waals surface area contributed by atoms with Gasteiger partial charge >= 0.3 is 0 Å². The molecule has 5 N–H and O–H groups in total. The summed E-state index contributed by atoms with van der Waals surface area (Å²) in [6.07, 6.45) is 0. The Hall–Kier alpha value is -1.62. The van der Waals surface area contributed by atoms with Crippen LogP contribution in [0.2, 0.25) is 0 Å². The zero-order valence-corrected chi connectivity index (χ0v) is 11.2. The third-order valence-electron chi connectivity index (χ3n) is 3.15. The molecule has 2 aromatic rings. The van der Waals surface area contributed by atoms with E-state index in [0.29, 0.717) is 6.54 Å². The highest BCUT2D eigenvalue weighted by atomic mass is 16.5. The van der Waals surface area contributed by atoms with Gasteiger partial charge in [0.25, 0.3) is 0 Å². The Bertz CT molecular complexity index is 542. The summed E-state index contributed by atoms with van der Waals surface area (Å²) in [5.41, 5.74) is 12.5. The molecule has 102 valence electrons. The van der Waals surface area contributed by atoms with Crippen LogP contribution in [0, 0.1) is 0 Å². The lowest BCUT2D eigenvalue weighted by molar-refractivity contribution is 0.415. The van der Waals surface area contributed by atoms with Crippen LogP contribution >= 0.6 is 0 Å². The molecule has 0 saturated heterocycles. The summed E-state index contributed by atoms with van der Waals surface area (Å²) >= 11 is 0. The predicted molar refractivity (Wildman–Crippen MR) is 79.2 cm³/mol. The molecule has 2 aromatic carbocycles. The van der Waals surface area contributed by atoms with Gasteiger partial charge in [-0.25, -0.2) is 0 Å². The summed E-state index contributed by atoms with van der Waals surface area (Å²) in [6.45, 7) is 2.04. The quantitative estimate of drug-likeness (QED) is 0.729. The van der Waals surface area contributed by atoms with Gasteiger partial charge in [0.05, 0.1) is 7.11 Å². The number of benzene rings is 2. The SMILES string of the molecule is COc1ccc2cc(CNCC(N)CN)ccc2c1. The Morgan fingerprint density at radius 1 is 1.16 bits per heavy atom. The first-order chi connectivity index (χ1) is 9.22. The monoisotopic (exact) mass is 259 g/mol. The van der Waals surface area contributed by atoms with Crippen LogP contribution in [0.5, 0.6) is 5.75 Å². The van der Waals surface area contributed by atoms with Gasteiger partial charge in [-0.15, -0.1) is 0 Å². The van der Waals surface area contributed by atoms with Crippen LogP contribution in [-0.4, -0.2) is 26.2 Å². The molecule has 4 heteroatoms. The standard InChI is InChI=1S/C15H21N3O/c1-19-15-5-4-12-6-11(2-3-13(12)7-15)9-18-10-14(17)8-16/h2-7,14,18H,8-10,16-17H2,1H3. The van der Waals surface area contributed by atoms with Crippen molar-refractivity contribution in [3.8, 4) is 5.75 Å². The van der Waals surface area contributed by atoms with E-state index >= 15 is 0 Å². The third-order valence-corrected chi connectivity index (χ3v) is 3.15. The summed E-state index contributed by atoms with van der Waals surface area (Å²) < 4.78 is 5.22. The molecule has 0 aliphatic rings. The van der Waals surface area contributed by atoms with Crippen molar-refractivity contribution in [3.05, 3.63) is 42.0 Å². The number of methoxy groups -OCH3 is 1. The van der Waals surface area contributed by atoms with Gasteiger partial charge in [-0.3, -0.25) is 0 Å². The molecule has 4 nitrogen and oxygen atoms in total. The molecule has 0 saturated carbocycles. The van der Waals surface area contributed by atoms with E-state index in [4.69, 9.17) is 16.2 Å². The number of nitrogens with one attached hydrogen (secondary N) is 1. The van der Waals surface area contributed by atoms with Crippen LogP contribution in [0.4, 0.5) is 0 Å². The van der Waals surface area contributed by atoms with Gasteiger partial charge < -0.3 is 21.5 Å². The second-order valence-electron chi connectivity index (χ2n) is 4.67. The smallest absolute Gasteiger partial charge is 0.119 e. The first-order valence-corrected chi connectivity index (χ1v) is 6.46. The predicted octanol–water partition coefficient (Wildman–Crippen LogP) is 1.22. The van der Waals surface area contributed by atoms with Crippen LogP contribution in [0.3, 0.4) is 0 Å². The van der Waals surface area contributed by atoms with Crippen molar-refractivity contribution in [1.29, 1.82) is 0 Å². The van der Waals surface area contributed by atoms with Gasteiger partial charge in [-0.05, 0) is 34.5 Å². The molecule has 0 heterocycles. The number of nitrogens with two attached hydrogens (primary N) is 2. The number of rotatable bonds is 6. The number of fused-ring (bicyclic) bond motifs is 1. The van der Waals surface area contributed by atoms with Crippen LogP contribution in [-0.2, 0) is 6.54 Å². The maximum absolute atomic E-state index is 5.76. The first kappa shape index (κ1) is 13.8. The molecule has 0 aliphatic heterocycles. The molecule has 1 atom stereocenters. The fraction of sp³-hybridized carbons (Fsp3) is 0.333. The minimum Gasteiger partial charge on any atom is -0.497 e. The van der Waals surface area contributed by atoms with Gasteiger partial charge in [0, 0.05) is 25.7 Å². The molecule has 2 rings (SSSR count). The molecule has 0 fully saturated rings. The van der Waals surface area contributed by atoms with Crippen LogP contribution < -0.4 is 21.5 Å². The summed E-state index contributed by atoms with van der Waals surface area (Å²) in [4.78, 5) is 0. The minimum absolute atomic E-state index is 0.0183. The fourth-order valence-electron chi connectivity index (χ4n) is 2.00. The lowest BCUT2D eigenvalue weighted by Gasteiger charge is -2.11. The number of hydrogen-bond donors (Lipinski definition) is 3. The zero-order chi connectivity index (χ0) is 13.7. The second-order valence-corrected chi connectivity index (χ2v) is 4.67. The Morgan fingerprint density at radius 2 is 1.89 bits per heavy atom. The van der Waals surface area contributed by atoms with Gasteiger partial charge in [0.15, 0.2) is 0 Å². The fourth-order valence-corrected chi connectivity index (χ4v) is 2.00. The van der Waals surface area contributed by atoms with Gasteiger partial charge in [0.1, 0.15) is 5.75 Å². The summed E-state index contributed by atoms with van der Waals surface area (Å²) in [7, 11) is 1.68. The molecule has 0 aliphatic carbocycles. The Balaban J connectivity index is 2.05. The molecular weight excluding hydrogens is 238 g/mol. The summed E-state index contributed by atoms with van der Waals surface area (Å²) in [5, 5.41) is 5.70. The molecule has 19 heavy (non-hydrogen) atoms. The van der Waals surface area contributed by atoms with Gasteiger partial charge in [-0.1, -0.05) is 18.2 Å². The summed E-state index contributed by atoms with van der Waals surface area (Å²) in [6, 6.07) is 12.5. The average Bonchev–Trinajstić information content (AvgIpc) is 2.46. The van der Waals surface area contributed by atoms with E-state index in [2.05, 4.69) is 29.6 Å². The molecule has 0 aromatic heterocycles. The zero-order valence-electron chi connectivity index (χ0n) is 11.2. The van der Waals surface area contributed by atoms with E-state index in [1.54, 1.807) is 7.11 Å². The van der Waals surface area contributed by atoms with E-state index in [9.17, 15) is 0 Å². The second kappa shape index (κ2) is 6.52. The molecule has 0 spiro atoms. The van der Waals surface area contributed by atoms with Crippen molar-refractivity contribution in [3.63, 3.8) is 0 Å². The van der Waals surface area contributed by atoms with Gasteiger partial charge in [-0.2, -0.15) is 0 Å². The first-order valence-electron chi connectivity index (χ1n) is 6.46. The normalized spacial score (nSPS) is 12.6. The highest BCUT2D eigenvalue weighted by Gasteiger charge is 2.01. The van der Waals surface area contributed by atoms with E-state index in [1.807, 2.05) is 12.1 Å². The maximum Gasteiger partial charge on any atom is 0.119 e. The van der Waals surface area contributed by atoms with E-state index in [0.717, 1.165) is 18.8 Å². The Labute approximate surface area is 113 Å². The van der Waals surface area contributed by atoms with Crippen molar-refractivity contribution in [2.45, 2.75) is 12.6 Å². The molecule has 0 bridgehead atoms. The van der Waals surface area contributed by atoms with Gasteiger partial charge in [0.2, 0.25) is 0 Å². The third kappa shape index (κ3) is 3.67. The van der Waals surface area contributed by atoms with Crippen molar-refractivity contribution >= 4 is 10.8 Å². The maximum atomic E-state index is 5.76. The Kier molecular flexibility index (Phi) is 4.74. The lowest BCUT2D eigenvalue weighted by Crippen LogP contribution is -2.39. The lowest BCUT2D eigenvalue weighted by atomic mass is 10.1. The van der Waals surface area contributed by atoms with Crippen LogP contribution in [0.15, 0.2) is 36.4 Å². The number of hydrogen-bond acceptors (Lipinski definition) is 4. The average molecular weight is 259 g/mol. The molecule has 0 radical (unpaired) electrons. The van der Waals surface area contributed by atoms with Crippen molar-refractivity contribution in [2.75, 3.05) is 20.2 Å². The molecular formula is C15H21N3O. The topological polar surface area (TPSA) is 73.3 Å². The number of ether oxygens (including phenoxy) is 1. The summed E-state index contributed by atoms with van der Waals surface area (Å²) in [5.74, 6) is 0.882. The van der Waals surface area contributed by atoms with Crippen LogP contribution in [0.1, 0.15) is 5.56 Å². The van der Waals surface area contributed by atoms with Crippen molar-refractivity contribution in [2.24, 2.45) is 11.5 Å². The largest absolute Gasteiger partial charge is 0.497 e.